The Labute approximate surface area is 175 Å². The number of rotatable bonds is 7. The molecular weight excluding hydrogens is 382 g/mol. The summed E-state index contributed by atoms with van der Waals surface area (Å²) in [6.45, 7) is 6.74. The number of hydrogen-bond donors (Lipinski definition) is 1. The molecule has 7 heteroatoms. The Morgan fingerprint density at radius 3 is 2.66 bits per heavy atom. The fourth-order valence-electron chi connectivity index (χ4n) is 3.02. The molecule has 1 aromatic heterocycles. The Morgan fingerprint density at radius 1 is 1.24 bits per heavy atom. The molecule has 3 rings (SSSR count). The van der Waals surface area contributed by atoms with Crippen LogP contribution in [0.3, 0.4) is 0 Å². The third kappa shape index (κ3) is 5.04. The highest BCUT2D eigenvalue weighted by Gasteiger charge is 2.16. The number of nitriles is 1. The van der Waals surface area contributed by atoms with Crippen molar-refractivity contribution < 1.29 is 4.79 Å². The average molecular weight is 406 g/mol. The number of hydrogen-bond acceptors (Lipinski definition) is 5. The molecule has 0 saturated heterocycles. The van der Waals surface area contributed by atoms with Gasteiger partial charge in [-0.05, 0) is 44.5 Å². The fourth-order valence-corrected chi connectivity index (χ4v) is 3.83. The maximum Gasteiger partial charge on any atom is 0.230 e. The number of thioether (sulfide) groups is 1. The molecule has 0 fully saturated rings. The van der Waals surface area contributed by atoms with E-state index in [2.05, 4.69) is 27.6 Å². The number of aryl methyl sites for hydroxylation is 1. The van der Waals surface area contributed by atoms with Crippen LogP contribution in [0.25, 0.3) is 11.4 Å². The van der Waals surface area contributed by atoms with Crippen LogP contribution < -0.4 is 5.32 Å². The van der Waals surface area contributed by atoms with Gasteiger partial charge in [0.2, 0.25) is 5.91 Å². The van der Waals surface area contributed by atoms with Gasteiger partial charge in [0.05, 0.1) is 23.4 Å². The molecule has 148 valence electrons. The van der Waals surface area contributed by atoms with Crippen LogP contribution in [0, 0.1) is 18.3 Å². The summed E-state index contributed by atoms with van der Waals surface area (Å²) in [6.07, 6.45) is 0. The summed E-state index contributed by atoms with van der Waals surface area (Å²) in [5, 5.41) is 21.2. The zero-order chi connectivity index (χ0) is 20.8. The molecule has 0 saturated carbocycles. The lowest BCUT2D eigenvalue weighted by Gasteiger charge is -2.14. The highest BCUT2D eigenvalue weighted by atomic mass is 32.2. The summed E-state index contributed by atoms with van der Waals surface area (Å²) < 4.78 is 2.02. The Bertz CT molecular complexity index is 1040. The highest BCUT2D eigenvalue weighted by Crippen LogP contribution is 2.24. The Hall–Kier alpha value is -3.11. The molecule has 0 aliphatic heterocycles. The molecule has 0 bridgehead atoms. The molecule has 1 N–H and O–H groups in total. The molecule has 3 aromatic rings. The highest BCUT2D eigenvalue weighted by molar-refractivity contribution is 7.99. The quantitative estimate of drug-likeness (QED) is 0.598. The molecule has 6 nitrogen and oxygen atoms in total. The van der Waals surface area contributed by atoms with E-state index in [1.165, 1.54) is 17.3 Å². The van der Waals surface area contributed by atoms with Gasteiger partial charge >= 0.3 is 0 Å². The molecular formula is C22H23N5OS. The van der Waals surface area contributed by atoms with Crippen LogP contribution in [0.1, 0.15) is 36.6 Å². The van der Waals surface area contributed by atoms with Gasteiger partial charge in [-0.3, -0.25) is 4.79 Å². The number of amides is 1. The predicted molar refractivity (Wildman–Crippen MR) is 114 cm³/mol. The smallest absolute Gasteiger partial charge is 0.230 e. The Balaban J connectivity index is 1.63. The topological polar surface area (TPSA) is 83.6 Å². The van der Waals surface area contributed by atoms with Gasteiger partial charge < -0.3 is 9.88 Å². The first-order chi connectivity index (χ1) is 14.0. The minimum Gasteiger partial charge on any atom is -0.349 e. The molecule has 1 amide bonds. The second-order valence-corrected chi connectivity index (χ2v) is 7.67. The summed E-state index contributed by atoms with van der Waals surface area (Å²) in [5.41, 5.74) is 3.75. The van der Waals surface area contributed by atoms with Crippen molar-refractivity contribution in [2.75, 3.05) is 5.75 Å². The van der Waals surface area contributed by atoms with Crippen molar-refractivity contribution >= 4 is 17.7 Å². The molecule has 2 aromatic carbocycles. The number of nitrogens with zero attached hydrogens (tertiary/aromatic N) is 4. The van der Waals surface area contributed by atoms with Crippen LogP contribution in [-0.2, 0) is 11.3 Å². The number of carbonyl (C=O) groups excluding carboxylic acids is 1. The predicted octanol–water partition coefficient (Wildman–Crippen LogP) is 4.11. The second kappa shape index (κ2) is 9.39. The normalized spacial score (nSPS) is 11.7. The number of carbonyl (C=O) groups is 1. The van der Waals surface area contributed by atoms with Crippen LogP contribution in [0.15, 0.2) is 53.7 Å². The largest absolute Gasteiger partial charge is 0.349 e. The lowest BCUT2D eigenvalue weighted by Crippen LogP contribution is -2.28. The van der Waals surface area contributed by atoms with Crippen molar-refractivity contribution in [1.29, 1.82) is 5.26 Å². The van der Waals surface area contributed by atoms with Gasteiger partial charge in [0.15, 0.2) is 11.0 Å². The lowest BCUT2D eigenvalue weighted by molar-refractivity contribution is -0.119. The van der Waals surface area contributed by atoms with Gasteiger partial charge in [0.25, 0.3) is 0 Å². The molecule has 29 heavy (non-hydrogen) atoms. The van der Waals surface area contributed by atoms with Crippen LogP contribution in [-0.4, -0.2) is 26.4 Å². The van der Waals surface area contributed by atoms with Crippen LogP contribution in [0.2, 0.25) is 0 Å². The second-order valence-electron chi connectivity index (χ2n) is 6.73. The van der Waals surface area contributed by atoms with E-state index >= 15 is 0 Å². The SMILES string of the molecule is CCn1c(SCC(=O)NC(C)c2ccc(C#N)cc2)nnc1-c1cccc(C)c1. The van der Waals surface area contributed by atoms with Gasteiger partial charge in [-0.1, -0.05) is 47.7 Å². The van der Waals surface area contributed by atoms with Crippen molar-refractivity contribution in [1.82, 2.24) is 20.1 Å². The molecule has 1 atom stereocenters. The maximum atomic E-state index is 12.4. The maximum absolute atomic E-state index is 12.4. The molecule has 0 radical (unpaired) electrons. The van der Waals surface area contributed by atoms with E-state index in [1.807, 2.05) is 55.7 Å². The van der Waals surface area contributed by atoms with E-state index < -0.39 is 0 Å². The summed E-state index contributed by atoms with van der Waals surface area (Å²) in [7, 11) is 0. The van der Waals surface area contributed by atoms with Gasteiger partial charge in [-0.25, -0.2) is 0 Å². The van der Waals surface area contributed by atoms with E-state index in [0.717, 1.165) is 28.7 Å². The van der Waals surface area contributed by atoms with E-state index in [9.17, 15) is 4.79 Å². The van der Waals surface area contributed by atoms with E-state index in [0.29, 0.717) is 5.56 Å². The number of benzene rings is 2. The summed E-state index contributed by atoms with van der Waals surface area (Å²) in [6, 6.07) is 17.3. The minimum absolute atomic E-state index is 0.0744. The van der Waals surface area contributed by atoms with E-state index in [4.69, 9.17) is 5.26 Å². The minimum atomic E-state index is -0.136. The number of nitrogens with one attached hydrogen (secondary N) is 1. The summed E-state index contributed by atoms with van der Waals surface area (Å²) >= 11 is 1.38. The van der Waals surface area contributed by atoms with E-state index in [1.54, 1.807) is 12.1 Å². The average Bonchev–Trinajstić information content (AvgIpc) is 3.15. The van der Waals surface area contributed by atoms with Gasteiger partial charge in [-0.15, -0.1) is 10.2 Å². The fraction of sp³-hybridized carbons (Fsp3) is 0.273. The van der Waals surface area contributed by atoms with Crippen molar-refractivity contribution in [2.24, 2.45) is 0 Å². The first-order valence-corrected chi connectivity index (χ1v) is 10.4. The molecule has 0 spiro atoms. The summed E-state index contributed by atoms with van der Waals surface area (Å²) in [4.78, 5) is 12.4. The van der Waals surface area contributed by atoms with Crippen molar-refractivity contribution in [3.8, 4) is 17.5 Å². The molecule has 1 heterocycles. The Morgan fingerprint density at radius 2 is 2.00 bits per heavy atom. The van der Waals surface area contributed by atoms with Gasteiger partial charge in [0.1, 0.15) is 0 Å². The van der Waals surface area contributed by atoms with Crippen LogP contribution >= 0.6 is 11.8 Å². The third-order valence-corrected chi connectivity index (χ3v) is 5.53. The van der Waals surface area contributed by atoms with Gasteiger partial charge in [-0.2, -0.15) is 5.26 Å². The monoisotopic (exact) mass is 405 g/mol. The molecule has 0 aliphatic carbocycles. The lowest BCUT2D eigenvalue weighted by atomic mass is 10.1. The van der Waals surface area contributed by atoms with Crippen molar-refractivity contribution in [3.05, 3.63) is 65.2 Å². The zero-order valence-electron chi connectivity index (χ0n) is 16.7. The first kappa shape index (κ1) is 20.6. The van der Waals surface area contributed by atoms with Gasteiger partial charge in [0, 0.05) is 12.1 Å². The molecule has 1 unspecified atom stereocenters. The first-order valence-electron chi connectivity index (χ1n) is 9.44. The van der Waals surface area contributed by atoms with Crippen LogP contribution in [0.4, 0.5) is 0 Å². The van der Waals surface area contributed by atoms with Crippen molar-refractivity contribution in [2.45, 2.75) is 38.5 Å². The van der Waals surface area contributed by atoms with Crippen LogP contribution in [0.5, 0.6) is 0 Å². The zero-order valence-corrected chi connectivity index (χ0v) is 17.5. The summed E-state index contributed by atoms with van der Waals surface area (Å²) in [5.74, 6) is 0.992. The number of aromatic nitrogens is 3. The molecule has 0 aliphatic rings. The Kier molecular flexibility index (Phi) is 6.68. The van der Waals surface area contributed by atoms with Crippen molar-refractivity contribution in [3.63, 3.8) is 0 Å². The standard InChI is InChI=1S/C22H23N5OS/c1-4-27-21(19-7-5-6-15(2)12-19)25-26-22(27)29-14-20(28)24-16(3)18-10-8-17(13-23)9-11-18/h5-12,16H,4,14H2,1-3H3,(H,24,28). The van der Waals surface area contributed by atoms with E-state index in [-0.39, 0.29) is 17.7 Å². The third-order valence-electron chi connectivity index (χ3n) is 4.56.